The number of ether oxygens (including phenoxy) is 1. The number of carbonyl (C=O) groups excluding carboxylic acids is 2. The van der Waals surface area contributed by atoms with Crippen molar-refractivity contribution in [1.82, 2.24) is 10.2 Å². The lowest BCUT2D eigenvalue weighted by atomic mass is 10.0. The number of likely N-dealkylation sites (N-methyl/N-ethyl adjacent to an activating group) is 1. The molecule has 0 aliphatic rings. The molecule has 0 heterocycles. The third-order valence-electron chi connectivity index (χ3n) is 3.34. The molecule has 0 bridgehead atoms. The van der Waals surface area contributed by atoms with Gasteiger partial charge in [0.2, 0.25) is 5.91 Å². The first-order valence-electron chi connectivity index (χ1n) is 6.72. The zero-order chi connectivity index (χ0) is 15.8. The largest absolute Gasteiger partial charge is 0.468 e. The number of nitrogens with one attached hydrogen (secondary N) is 1. The average Bonchev–Trinajstić information content (AvgIpc) is 2.51. The minimum absolute atomic E-state index is 0.0854. The molecule has 0 aromatic heterocycles. The van der Waals surface area contributed by atoms with E-state index in [-0.39, 0.29) is 25.0 Å². The highest BCUT2D eigenvalue weighted by molar-refractivity contribution is 5.83. The number of benzene rings is 1. The molecule has 1 aromatic rings. The molecule has 0 aliphatic carbocycles. The average molecular weight is 294 g/mol. The number of esters is 1. The first-order chi connectivity index (χ1) is 9.95. The molecule has 0 spiro atoms. The van der Waals surface area contributed by atoms with Crippen LogP contribution in [-0.2, 0) is 14.3 Å². The van der Waals surface area contributed by atoms with E-state index < -0.39 is 12.1 Å². The quantitative estimate of drug-likeness (QED) is 0.709. The fraction of sp³-hybridized carbons (Fsp3) is 0.467. The number of aliphatic hydroxyl groups is 1. The number of rotatable bonds is 7. The van der Waals surface area contributed by atoms with Crippen LogP contribution in [0.2, 0.25) is 0 Å². The van der Waals surface area contributed by atoms with Crippen molar-refractivity contribution in [3.05, 3.63) is 35.9 Å². The van der Waals surface area contributed by atoms with Gasteiger partial charge in [-0.1, -0.05) is 30.3 Å². The summed E-state index contributed by atoms with van der Waals surface area (Å²) in [7, 11) is 3.01. The second-order valence-corrected chi connectivity index (χ2v) is 4.86. The summed E-state index contributed by atoms with van der Waals surface area (Å²) in [6, 6.07) is 9.03. The Bertz CT molecular complexity index is 464. The minimum Gasteiger partial charge on any atom is -0.468 e. The van der Waals surface area contributed by atoms with E-state index in [0.29, 0.717) is 0 Å². The monoisotopic (exact) mass is 294 g/mol. The Labute approximate surface area is 124 Å². The number of methoxy groups -OCH3 is 1. The molecule has 0 saturated heterocycles. The Balaban J connectivity index is 2.48. The van der Waals surface area contributed by atoms with Gasteiger partial charge in [0.15, 0.2) is 0 Å². The van der Waals surface area contributed by atoms with Gasteiger partial charge in [0, 0.05) is 6.04 Å². The topological polar surface area (TPSA) is 78.9 Å². The maximum atomic E-state index is 11.7. The van der Waals surface area contributed by atoms with E-state index in [9.17, 15) is 14.7 Å². The number of nitrogens with zero attached hydrogens (tertiary/aromatic N) is 1. The third-order valence-corrected chi connectivity index (χ3v) is 3.34. The molecule has 1 amide bonds. The lowest BCUT2D eigenvalue weighted by Gasteiger charge is -2.28. The molecule has 2 atom stereocenters. The van der Waals surface area contributed by atoms with Gasteiger partial charge in [-0.15, -0.1) is 0 Å². The van der Waals surface area contributed by atoms with E-state index >= 15 is 0 Å². The Morgan fingerprint density at radius 3 is 2.52 bits per heavy atom. The highest BCUT2D eigenvalue weighted by atomic mass is 16.5. The normalized spacial score (nSPS) is 13.6. The van der Waals surface area contributed by atoms with Crippen LogP contribution in [0, 0.1) is 0 Å². The maximum absolute atomic E-state index is 11.7. The van der Waals surface area contributed by atoms with E-state index in [2.05, 4.69) is 10.1 Å². The van der Waals surface area contributed by atoms with Gasteiger partial charge in [-0.05, 0) is 19.5 Å². The summed E-state index contributed by atoms with van der Waals surface area (Å²) in [6.45, 7) is 1.77. The molecule has 0 fully saturated rings. The van der Waals surface area contributed by atoms with E-state index in [4.69, 9.17) is 0 Å². The number of carbonyl (C=O) groups is 2. The van der Waals surface area contributed by atoms with Crippen LogP contribution in [0.1, 0.15) is 18.6 Å². The minimum atomic E-state index is -0.690. The summed E-state index contributed by atoms with van der Waals surface area (Å²) in [6.07, 6.45) is -0.690. The van der Waals surface area contributed by atoms with Crippen molar-refractivity contribution in [2.45, 2.75) is 19.1 Å². The molecule has 6 heteroatoms. The summed E-state index contributed by atoms with van der Waals surface area (Å²) in [4.78, 5) is 24.4. The van der Waals surface area contributed by atoms with E-state index in [1.54, 1.807) is 11.9 Å². The lowest BCUT2D eigenvalue weighted by molar-refractivity contribution is -0.141. The van der Waals surface area contributed by atoms with Crippen LogP contribution >= 0.6 is 0 Å². The molecule has 1 aromatic carbocycles. The molecule has 2 N–H and O–H groups in total. The van der Waals surface area contributed by atoms with Crippen LogP contribution in [0.3, 0.4) is 0 Å². The molecule has 6 nitrogen and oxygen atoms in total. The van der Waals surface area contributed by atoms with Gasteiger partial charge < -0.3 is 15.2 Å². The first kappa shape index (κ1) is 17.1. The van der Waals surface area contributed by atoms with Crippen molar-refractivity contribution < 1.29 is 19.4 Å². The van der Waals surface area contributed by atoms with Gasteiger partial charge in [0.25, 0.3) is 0 Å². The maximum Gasteiger partial charge on any atom is 0.325 e. The number of amides is 1. The highest BCUT2D eigenvalue weighted by Gasteiger charge is 2.22. The summed E-state index contributed by atoms with van der Waals surface area (Å²) in [5, 5.41) is 12.7. The fourth-order valence-corrected chi connectivity index (χ4v) is 1.84. The van der Waals surface area contributed by atoms with Crippen LogP contribution in [-0.4, -0.2) is 55.2 Å². The van der Waals surface area contributed by atoms with Gasteiger partial charge >= 0.3 is 5.97 Å². The van der Waals surface area contributed by atoms with Crippen molar-refractivity contribution in [3.8, 4) is 0 Å². The van der Waals surface area contributed by atoms with Gasteiger partial charge in [-0.3, -0.25) is 14.5 Å². The number of hydrogen-bond donors (Lipinski definition) is 2. The summed E-state index contributed by atoms with van der Waals surface area (Å²) >= 11 is 0. The second kappa shape index (κ2) is 8.39. The van der Waals surface area contributed by atoms with Gasteiger partial charge in [0.05, 0.1) is 19.8 Å². The molecule has 0 saturated carbocycles. The van der Waals surface area contributed by atoms with Crippen LogP contribution in [0.4, 0.5) is 0 Å². The van der Waals surface area contributed by atoms with Crippen molar-refractivity contribution >= 4 is 11.9 Å². The molecule has 0 unspecified atom stereocenters. The Hall–Kier alpha value is -1.92. The molecule has 21 heavy (non-hydrogen) atoms. The predicted molar refractivity (Wildman–Crippen MR) is 78.5 cm³/mol. The van der Waals surface area contributed by atoms with Crippen molar-refractivity contribution in [3.63, 3.8) is 0 Å². The van der Waals surface area contributed by atoms with Crippen LogP contribution in [0.25, 0.3) is 0 Å². The number of hydrogen-bond acceptors (Lipinski definition) is 5. The predicted octanol–water partition coefficient (Wildman–Crippen LogP) is 0.330. The molecule has 0 radical (unpaired) electrons. The Morgan fingerprint density at radius 1 is 1.33 bits per heavy atom. The highest BCUT2D eigenvalue weighted by Crippen LogP contribution is 2.19. The van der Waals surface area contributed by atoms with Gasteiger partial charge in [-0.25, -0.2) is 0 Å². The smallest absolute Gasteiger partial charge is 0.325 e. The molecular weight excluding hydrogens is 272 g/mol. The van der Waals surface area contributed by atoms with Crippen LogP contribution in [0.5, 0.6) is 0 Å². The molecule has 1 rings (SSSR count). The SMILES string of the molecule is COC(=O)CNC(=O)CN(C)[C@@H](C)[C@H](O)c1ccccc1. The van der Waals surface area contributed by atoms with E-state index in [1.807, 2.05) is 37.3 Å². The zero-order valence-corrected chi connectivity index (χ0v) is 12.6. The van der Waals surface area contributed by atoms with E-state index in [0.717, 1.165) is 5.56 Å². The summed E-state index contributed by atoms with van der Waals surface area (Å²) in [5.41, 5.74) is 0.798. The summed E-state index contributed by atoms with van der Waals surface area (Å²) < 4.78 is 4.44. The van der Waals surface area contributed by atoms with Crippen LogP contribution in [0.15, 0.2) is 30.3 Å². The zero-order valence-electron chi connectivity index (χ0n) is 12.6. The van der Waals surface area contributed by atoms with Crippen molar-refractivity contribution in [2.24, 2.45) is 0 Å². The first-order valence-corrected chi connectivity index (χ1v) is 6.72. The van der Waals surface area contributed by atoms with Gasteiger partial charge in [0.1, 0.15) is 6.54 Å². The Morgan fingerprint density at radius 2 is 1.95 bits per heavy atom. The van der Waals surface area contributed by atoms with Gasteiger partial charge in [-0.2, -0.15) is 0 Å². The molecular formula is C15H22N2O4. The fourth-order valence-electron chi connectivity index (χ4n) is 1.84. The molecule has 0 aliphatic heterocycles. The molecule has 116 valence electrons. The Kier molecular flexibility index (Phi) is 6.84. The van der Waals surface area contributed by atoms with E-state index in [1.165, 1.54) is 7.11 Å². The lowest BCUT2D eigenvalue weighted by Crippen LogP contribution is -2.43. The second-order valence-electron chi connectivity index (χ2n) is 4.86. The van der Waals surface area contributed by atoms with Crippen molar-refractivity contribution in [1.29, 1.82) is 0 Å². The van der Waals surface area contributed by atoms with Crippen molar-refractivity contribution in [2.75, 3.05) is 27.2 Å². The number of aliphatic hydroxyl groups excluding tert-OH is 1. The van der Waals surface area contributed by atoms with Crippen LogP contribution < -0.4 is 5.32 Å². The third kappa shape index (κ3) is 5.53. The standard InChI is InChI=1S/C15H22N2O4/c1-11(15(20)12-7-5-4-6-8-12)17(2)10-13(18)16-9-14(19)21-3/h4-8,11,15,20H,9-10H2,1-3H3,(H,16,18)/t11-,15-/m0/s1. The summed E-state index contributed by atoms with van der Waals surface area (Å²) in [5.74, 6) is -0.793.